The molecule has 0 bridgehead atoms. The number of rotatable bonds is 2. The molecule has 1 saturated heterocycles. The number of carbonyl (C=O) groups is 1. The van der Waals surface area contributed by atoms with Gasteiger partial charge < -0.3 is 10.2 Å². The van der Waals surface area contributed by atoms with Crippen LogP contribution in [0.15, 0.2) is 36.4 Å². The van der Waals surface area contributed by atoms with Gasteiger partial charge in [-0.3, -0.25) is 0 Å². The van der Waals surface area contributed by atoms with Gasteiger partial charge in [-0.1, -0.05) is 29.8 Å². The molecule has 0 saturated carbocycles. The van der Waals surface area contributed by atoms with Gasteiger partial charge >= 0.3 is 6.03 Å². The molecule has 126 valence electrons. The Balaban J connectivity index is 1.79. The van der Waals surface area contributed by atoms with Crippen LogP contribution >= 0.6 is 11.8 Å². The summed E-state index contributed by atoms with van der Waals surface area (Å²) < 4.78 is 0. The van der Waals surface area contributed by atoms with Gasteiger partial charge in [0.15, 0.2) is 0 Å². The zero-order valence-electron chi connectivity index (χ0n) is 14.7. The molecule has 24 heavy (non-hydrogen) atoms. The molecule has 3 rings (SSSR count). The first-order valence-electron chi connectivity index (χ1n) is 8.29. The number of nitrogens with zero attached hydrogens (tertiary/aromatic N) is 1. The third-order valence-corrected chi connectivity index (χ3v) is 5.84. The van der Waals surface area contributed by atoms with E-state index in [9.17, 15) is 4.79 Å². The van der Waals surface area contributed by atoms with E-state index in [0.29, 0.717) is 0 Å². The minimum atomic E-state index is -0.0202. The molecule has 0 radical (unpaired) electrons. The van der Waals surface area contributed by atoms with Gasteiger partial charge in [-0.05, 0) is 62.1 Å². The summed E-state index contributed by atoms with van der Waals surface area (Å²) in [4.78, 5) is 14.7. The molecule has 1 atom stereocenters. The SMILES string of the molecule is Cc1ccc([C@H]2SCCN2C(=O)Nc2ccc(C)c(C)c2)c(C)c1. The summed E-state index contributed by atoms with van der Waals surface area (Å²) in [7, 11) is 0. The normalized spacial score (nSPS) is 17.2. The number of benzene rings is 2. The third-order valence-electron chi connectivity index (χ3n) is 4.60. The minimum Gasteiger partial charge on any atom is -0.308 e. The lowest BCUT2D eigenvalue weighted by atomic mass is 10.1. The van der Waals surface area contributed by atoms with E-state index >= 15 is 0 Å². The molecule has 3 nitrogen and oxygen atoms in total. The monoisotopic (exact) mass is 340 g/mol. The Bertz CT molecular complexity index is 772. The number of hydrogen-bond donors (Lipinski definition) is 1. The molecule has 1 heterocycles. The highest BCUT2D eigenvalue weighted by molar-refractivity contribution is 7.99. The maximum atomic E-state index is 12.8. The third kappa shape index (κ3) is 3.44. The van der Waals surface area contributed by atoms with E-state index in [4.69, 9.17) is 0 Å². The van der Waals surface area contributed by atoms with Gasteiger partial charge in [0.2, 0.25) is 0 Å². The van der Waals surface area contributed by atoms with E-state index in [2.05, 4.69) is 51.2 Å². The van der Waals surface area contributed by atoms with E-state index in [-0.39, 0.29) is 11.4 Å². The smallest absolute Gasteiger partial charge is 0.308 e. The number of nitrogens with one attached hydrogen (secondary N) is 1. The fourth-order valence-corrected chi connectivity index (χ4v) is 4.40. The maximum Gasteiger partial charge on any atom is 0.323 e. The van der Waals surface area contributed by atoms with E-state index in [0.717, 1.165) is 18.0 Å². The largest absolute Gasteiger partial charge is 0.323 e. The fraction of sp³-hybridized carbons (Fsp3) is 0.350. The Kier molecular flexibility index (Phi) is 4.86. The highest BCUT2D eigenvalue weighted by Gasteiger charge is 2.31. The van der Waals surface area contributed by atoms with Crippen molar-refractivity contribution in [3.8, 4) is 0 Å². The van der Waals surface area contributed by atoms with Crippen molar-refractivity contribution >= 4 is 23.5 Å². The summed E-state index contributed by atoms with van der Waals surface area (Å²) in [6.07, 6.45) is 0. The number of urea groups is 1. The molecule has 1 aliphatic heterocycles. The molecular weight excluding hydrogens is 316 g/mol. The highest BCUT2D eigenvalue weighted by atomic mass is 32.2. The topological polar surface area (TPSA) is 32.3 Å². The number of anilines is 1. The fourth-order valence-electron chi connectivity index (χ4n) is 3.05. The van der Waals surface area contributed by atoms with Crippen LogP contribution in [-0.2, 0) is 0 Å². The summed E-state index contributed by atoms with van der Waals surface area (Å²) in [6, 6.07) is 12.5. The molecule has 0 aliphatic carbocycles. The summed E-state index contributed by atoms with van der Waals surface area (Å²) in [5, 5.41) is 3.15. The second-order valence-electron chi connectivity index (χ2n) is 6.51. The van der Waals surface area contributed by atoms with Crippen LogP contribution in [0.1, 0.15) is 33.2 Å². The highest BCUT2D eigenvalue weighted by Crippen LogP contribution is 2.39. The van der Waals surface area contributed by atoms with Crippen LogP contribution in [0.3, 0.4) is 0 Å². The molecule has 0 aromatic heterocycles. The van der Waals surface area contributed by atoms with Crippen LogP contribution in [0, 0.1) is 27.7 Å². The van der Waals surface area contributed by atoms with Crippen molar-refractivity contribution in [1.82, 2.24) is 4.90 Å². The Hall–Kier alpha value is -1.94. The Morgan fingerprint density at radius 3 is 2.54 bits per heavy atom. The predicted molar refractivity (Wildman–Crippen MR) is 103 cm³/mol. The molecule has 0 spiro atoms. The lowest BCUT2D eigenvalue weighted by Gasteiger charge is -2.26. The van der Waals surface area contributed by atoms with E-state index in [1.54, 1.807) is 0 Å². The molecular formula is C20H24N2OS. The standard InChI is InChI=1S/C20H24N2OS/c1-13-5-8-18(16(4)11-13)19-22(9-10-24-19)20(23)21-17-7-6-14(2)15(3)12-17/h5-8,11-12,19H,9-10H2,1-4H3,(H,21,23)/t19-/m1/s1. The number of amides is 2. The van der Waals surface area contributed by atoms with Crippen LogP contribution in [-0.4, -0.2) is 23.2 Å². The summed E-state index contributed by atoms with van der Waals surface area (Å²) >= 11 is 1.83. The molecule has 4 heteroatoms. The molecule has 1 fully saturated rings. The van der Waals surface area contributed by atoms with Crippen molar-refractivity contribution in [1.29, 1.82) is 0 Å². The van der Waals surface area contributed by atoms with Crippen molar-refractivity contribution < 1.29 is 4.79 Å². The van der Waals surface area contributed by atoms with Gasteiger partial charge in [0.05, 0.1) is 0 Å². The molecule has 1 N–H and O–H groups in total. The first kappa shape index (κ1) is 16.9. The number of carbonyl (C=O) groups excluding carboxylic acids is 1. The van der Waals surface area contributed by atoms with Gasteiger partial charge in [0, 0.05) is 18.0 Å². The molecule has 0 unspecified atom stereocenters. The van der Waals surface area contributed by atoms with Crippen molar-refractivity contribution in [3.05, 3.63) is 64.2 Å². The van der Waals surface area contributed by atoms with Gasteiger partial charge in [-0.25, -0.2) is 4.79 Å². The van der Waals surface area contributed by atoms with E-state index in [1.165, 1.54) is 27.8 Å². The first-order valence-corrected chi connectivity index (χ1v) is 9.34. The summed E-state index contributed by atoms with van der Waals surface area (Å²) in [6.45, 7) is 9.14. The second-order valence-corrected chi connectivity index (χ2v) is 7.69. The molecule has 1 aliphatic rings. The van der Waals surface area contributed by atoms with E-state index in [1.807, 2.05) is 34.9 Å². The molecule has 2 aromatic rings. The second kappa shape index (κ2) is 6.89. The summed E-state index contributed by atoms with van der Waals surface area (Å²) in [5.41, 5.74) is 7.02. The van der Waals surface area contributed by atoms with Crippen LogP contribution in [0.25, 0.3) is 0 Å². The zero-order chi connectivity index (χ0) is 17.3. The van der Waals surface area contributed by atoms with Gasteiger partial charge in [-0.15, -0.1) is 11.8 Å². The van der Waals surface area contributed by atoms with Crippen LogP contribution < -0.4 is 5.32 Å². The van der Waals surface area contributed by atoms with Crippen molar-refractivity contribution in [2.24, 2.45) is 0 Å². The van der Waals surface area contributed by atoms with Crippen LogP contribution in [0.2, 0.25) is 0 Å². The quantitative estimate of drug-likeness (QED) is 0.815. The minimum absolute atomic E-state index is 0.0202. The zero-order valence-corrected chi connectivity index (χ0v) is 15.5. The van der Waals surface area contributed by atoms with Crippen LogP contribution in [0.5, 0.6) is 0 Å². The average Bonchev–Trinajstić information content (AvgIpc) is 3.00. The molecule has 2 aromatic carbocycles. The van der Waals surface area contributed by atoms with Gasteiger partial charge in [0.1, 0.15) is 5.37 Å². The Morgan fingerprint density at radius 1 is 1.04 bits per heavy atom. The van der Waals surface area contributed by atoms with Crippen molar-refractivity contribution in [2.75, 3.05) is 17.6 Å². The first-order chi connectivity index (χ1) is 11.5. The van der Waals surface area contributed by atoms with Gasteiger partial charge in [0.25, 0.3) is 0 Å². The Labute approximate surface area is 148 Å². The van der Waals surface area contributed by atoms with Crippen molar-refractivity contribution in [3.63, 3.8) is 0 Å². The number of thioether (sulfide) groups is 1. The van der Waals surface area contributed by atoms with Gasteiger partial charge in [-0.2, -0.15) is 0 Å². The Morgan fingerprint density at radius 2 is 1.83 bits per heavy atom. The lowest BCUT2D eigenvalue weighted by molar-refractivity contribution is 0.214. The number of hydrogen-bond acceptors (Lipinski definition) is 2. The van der Waals surface area contributed by atoms with Crippen LogP contribution in [0.4, 0.5) is 10.5 Å². The average molecular weight is 340 g/mol. The molecule has 2 amide bonds. The lowest BCUT2D eigenvalue weighted by Crippen LogP contribution is -2.34. The summed E-state index contributed by atoms with van der Waals surface area (Å²) in [5.74, 6) is 0.971. The van der Waals surface area contributed by atoms with Crippen molar-refractivity contribution in [2.45, 2.75) is 33.1 Å². The maximum absolute atomic E-state index is 12.8. The van der Waals surface area contributed by atoms with E-state index < -0.39 is 0 Å². The number of aryl methyl sites for hydroxylation is 4. The predicted octanol–water partition coefficient (Wildman–Crippen LogP) is 5.20.